The maximum Gasteiger partial charge on any atom is 0.290 e. The van der Waals surface area contributed by atoms with Crippen molar-refractivity contribution in [1.82, 2.24) is 0 Å². The van der Waals surface area contributed by atoms with Crippen LogP contribution in [0.1, 0.15) is 5.56 Å². The minimum atomic E-state index is -0.340. The molecule has 0 spiro atoms. The molecule has 0 saturated heterocycles. The molecule has 0 fully saturated rings. The Labute approximate surface area is 97.5 Å². The van der Waals surface area contributed by atoms with E-state index in [1.54, 1.807) is 0 Å². The second-order valence-corrected chi connectivity index (χ2v) is 3.82. The van der Waals surface area contributed by atoms with Gasteiger partial charge in [0.25, 0.3) is 5.91 Å². The average molecular weight is 223 g/mol. The molecule has 0 atom stereocenters. The first-order valence-electron chi connectivity index (χ1n) is 5.21. The lowest BCUT2D eigenvalue weighted by atomic mass is 10.0. The number of anilines is 1. The highest BCUT2D eigenvalue weighted by molar-refractivity contribution is 6.05. The van der Waals surface area contributed by atoms with Gasteiger partial charge in [-0.05, 0) is 16.8 Å². The van der Waals surface area contributed by atoms with Crippen molar-refractivity contribution in [3.63, 3.8) is 0 Å². The van der Waals surface area contributed by atoms with Crippen LogP contribution < -0.4 is 5.73 Å². The molecule has 1 aliphatic rings. The molecule has 17 heavy (non-hydrogen) atoms. The van der Waals surface area contributed by atoms with Crippen molar-refractivity contribution in [2.24, 2.45) is 10.2 Å². The summed E-state index contributed by atoms with van der Waals surface area (Å²) in [4.78, 5) is 11.1. The number of nitrogen functional groups attached to an aromatic ring is 1. The SMILES string of the molecule is Nc1ccc2ccccc2c1C1=CC(=O)N=N1. The van der Waals surface area contributed by atoms with Crippen LogP contribution in [0, 0.1) is 0 Å². The number of hydrogen-bond donors (Lipinski definition) is 1. The van der Waals surface area contributed by atoms with Gasteiger partial charge in [-0.25, -0.2) is 0 Å². The van der Waals surface area contributed by atoms with E-state index >= 15 is 0 Å². The van der Waals surface area contributed by atoms with Gasteiger partial charge in [-0.3, -0.25) is 4.79 Å². The maximum absolute atomic E-state index is 11.1. The molecule has 1 aliphatic heterocycles. The van der Waals surface area contributed by atoms with E-state index in [1.807, 2.05) is 36.4 Å². The quantitative estimate of drug-likeness (QED) is 0.755. The molecule has 0 unspecified atom stereocenters. The van der Waals surface area contributed by atoms with Crippen LogP contribution in [0.3, 0.4) is 0 Å². The van der Waals surface area contributed by atoms with Crippen molar-refractivity contribution in [3.8, 4) is 0 Å². The third-order valence-electron chi connectivity index (χ3n) is 2.73. The van der Waals surface area contributed by atoms with Crippen LogP contribution in [0.4, 0.5) is 5.69 Å². The highest BCUT2D eigenvalue weighted by atomic mass is 16.1. The van der Waals surface area contributed by atoms with Crippen molar-refractivity contribution in [3.05, 3.63) is 48.0 Å². The molecule has 0 aliphatic carbocycles. The number of carbonyl (C=O) groups excluding carboxylic acids is 1. The number of nitrogens with two attached hydrogens (primary N) is 1. The Morgan fingerprint density at radius 2 is 1.82 bits per heavy atom. The van der Waals surface area contributed by atoms with Gasteiger partial charge < -0.3 is 5.73 Å². The summed E-state index contributed by atoms with van der Waals surface area (Å²) < 4.78 is 0. The molecule has 0 aromatic heterocycles. The van der Waals surface area contributed by atoms with E-state index in [9.17, 15) is 4.79 Å². The molecule has 1 amide bonds. The molecule has 4 heteroatoms. The number of carbonyl (C=O) groups is 1. The Balaban J connectivity index is 2.35. The molecular formula is C13H9N3O. The summed E-state index contributed by atoms with van der Waals surface area (Å²) >= 11 is 0. The van der Waals surface area contributed by atoms with Crippen LogP contribution in [0.25, 0.3) is 16.5 Å². The number of hydrogen-bond acceptors (Lipinski definition) is 3. The first kappa shape index (κ1) is 9.72. The van der Waals surface area contributed by atoms with Gasteiger partial charge in [0.05, 0.1) is 0 Å². The second-order valence-electron chi connectivity index (χ2n) is 3.82. The van der Waals surface area contributed by atoms with Crippen molar-refractivity contribution >= 4 is 28.1 Å². The second kappa shape index (κ2) is 3.52. The predicted octanol–water partition coefficient (Wildman–Crippen LogP) is 2.76. The topological polar surface area (TPSA) is 67.8 Å². The fraction of sp³-hybridized carbons (Fsp3) is 0. The van der Waals surface area contributed by atoms with E-state index in [0.717, 1.165) is 16.3 Å². The Morgan fingerprint density at radius 3 is 2.59 bits per heavy atom. The molecule has 2 aromatic rings. The standard InChI is InChI=1S/C13H9N3O/c14-10-6-5-8-3-1-2-4-9(8)13(10)11-7-12(17)16-15-11/h1-7H,14H2. The number of fused-ring (bicyclic) bond motifs is 1. The smallest absolute Gasteiger partial charge is 0.290 e. The highest BCUT2D eigenvalue weighted by Crippen LogP contribution is 2.32. The van der Waals surface area contributed by atoms with E-state index < -0.39 is 0 Å². The number of amides is 1. The summed E-state index contributed by atoms with van der Waals surface area (Å²) in [6.07, 6.45) is 1.40. The van der Waals surface area contributed by atoms with Crippen molar-refractivity contribution in [2.45, 2.75) is 0 Å². The fourth-order valence-electron chi connectivity index (χ4n) is 1.97. The Kier molecular flexibility index (Phi) is 2.01. The third kappa shape index (κ3) is 1.50. The lowest BCUT2D eigenvalue weighted by Crippen LogP contribution is -1.93. The van der Waals surface area contributed by atoms with E-state index in [-0.39, 0.29) is 5.91 Å². The number of nitrogens with zero attached hydrogens (tertiary/aromatic N) is 2. The molecule has 2 aromatic carbocycles. The van der Waals surface area contributed by atoms with Gasteiger partial charge >= 0.3 is 0 Å². The zero-order chi connectivity index (χ0) is 11.8. The van der Waals surface area contributed by atoms with Crippen LogP contribution in [-0.4, -0.2) is 5.91 Å². The van der Waals surface area contributed by atoms with Crippen LogP contribution in [0.5, 0.6) is 0 Å². The first-order chi connectivity index (χ1) is 8.25. The van der Waals surface area contributed by atoms with Gasteiger partial charge in [-0.15, -0.1) is 10.2 Å². The van der Waals surface area contributed by atoms with Gasteiger partial charge in [0.15, 0.2) is 0 Å². The third-order valence-corrected chi connectivity index (χ3v) is 2.73. The molecule has 1 heterocycles. The fourth-order valence-corrected chi connectivity index (χ4v) is 1.97. The van der Waals surface area contributed by atoms with Gasteiger partial charge in [0.1, 0.15) is 5.70 Å². The van der Waals surface area contributed by atoms with Gasteiger partial charge in [0, 0.05) is 17.3 Å². The zero-order valence-corrected chi connectivity index (χ0v) is 8.92. The molecule has 82 valence electrons. The number of rotatable bonds is 1. The normalized spacial score (nSPS) is 14.4. The van der Waals surface area contributed by atoms with Crippen LogP contribution in [0.2, 0.25) is 0 Å². The molecular weight excluding hydrogens is 214 g/mol. The van der Waals surface area contributed by atoms with Crippen LogP contribution in [0.15, 0.2) is 52.7 Å². The number of azo groups is 1. The lowest BCUT2D eigenvalue weighted by Gasteiger charge is -2.07. The van der Waals surface area contributed by atoms with Gasteiger partial charge in [0.2, 0.25) is 0 Å². The minimum Gasteiger partial charge on any atom is -0.398 e. The summed E-state index contributed by atoms with van der Waals surface area (Å²) in [5.41, 5.74) is 7.87. The molecule has 4 nitrogen and oxygen atoms in total. The van der Waals surface area contributed by atoms with Crippen LogP contribution >= 0.6 is 0 Å². The van der Waals surface area contributed by atoms with Gasteiger partial charge in [-0.1, -0.05) is 30.3 Å². The van der Waals surface area contributed by atoms with E-state index in [2.05, 4.69) is 10.2 Å². The zero-order valence-electron chi connectivity index (χ0n) is 8.92. The van der Waals surface area contributed by atoms with Crippen molar-refractivity contribution in [1.29, 1.82) is 0 Å². The van der Waals surface area contributed by atoms with E-state index in [4.69, 9.17) is 5.73 Å². The monoisotopic (exact) mass is 223 g/mol. The summed E-state index contributed by atoms with van der Waals surface area (Å²) in [6, 6.07) is 11.6. The molecule has 0 bridgehead atoms. The average Bonchev–Trinajstić information content (AvgIpc) is 2.75. The summed E-state index contributed by atoms with van der Waals surface area (Å²) in [5, 5.41) is 9.38. The van der Waals surface area contributed by atoms with E-state index in [1.165, 1.54) is 6.08 Å². The summed E-state index contributed by atoms with van der Waals surface area (Å²) in [7, 11) is 0. The molecule has 2 N–H and O–H groups in total. The summed E-state index contributed by atoms with van der Waals surface area (Å²) in [5.74, 6) is -0.340. The highest BCUT2D eigenvalue weighted by Gasteiger charge is 2.15. The molecule has 0 saturated carbocycles. The van der Waals surface area contributed by atoms with E-state index in [0.29, 0.717) is 11.4 Å². The Bertz CT molecular complexity index is 686. The number of benzene rings is 2. The first-order valence-corrected chi connectivity index (χ1v) is 5.21. The lowest BCUT2D eigenvalue weighted by molar-refractivity contribution is -0.113. The molecule has 0 radical (unpaired) electrons. The van der Waals surface area contributed by atoms with Crippen molar-refractivity contribution in [2.75, 3.05) is 5.73 Å². The Morgan fingerprint density at radius 1 is 1.00 bits per heavy atom. The summed E-state index contributed by atoms with van der Waals surface area (Å²) in [6.45, 7) is 0. The predicted molar refractivity (Wildman–Crippen MR) is 66.2 cm³/mol. The Hall–Kier alpha value is -2.49. The maximum atomic E-state index is 11.1. The van der Waals surface area contributed by atoms with Crippen LogP contribution in [-0.2, 0) is 4.79 Å². The van der Waals surface area contributed by atoms with Crippen molar-refractivity contribution < 1.29 is 4.79 Å². The largest absolute Gasteiger partial charge is 0.398 e. The minimum absolute atomic E-state index is 0.340. The van der Waals surface area contributed by atoms with Gasteiger partial charge in [-0.2, -0.15) is 0 Å². The molecule has 3 rings (SSSR count).